The van der Waals surface area contributed by atoms with Gasteiger partial charge in [0, 0.05) is 12.1 Å². The van der Waals surface area contributed by atoms with Gasteiger partial charge in [0.25, 0.3) is 0 Å². The number of ether oxygens (including phenoxy) is 1. The van der Waals surface area contributed by atoms with E-state index in [4.69, 9.17) is 4.74 Å². The van der Waals surface area contributed by atoms with Crippen LogP contribution in [0.3, 0.4) is 0 Å². The molecular formula is C16H14F3N5OS. The minimum absolute atomic E-state index is 0.307. The monoisotopic (exact) mass is 381 g/mol. The zero-order valence-corrected chi connectivity index (χ0v) is 14.7. The lowest BCUT2D eigenvalue weighted by Crippen LogP contribution is -2.09. The third-order valence-corrected chi connectivity index (χ3v) is 4.42. The van der Waals surface area contributed by atoms with E-state index in [9.17, 15) is 13.2 Å². The predicted octanol–water partition coefficient (Wildman–Crippen LogP) is 3.93. The van der Waals surface area contributed by atoms with E-state index in [1.165, 1.54) is 6.07 Å². The summed E-state index contributed by atoms with van der Waals surface area (Å²) in [6.45, 7) is 2.52. The molecule has 2 heterocycles. The average molecular weight is 381 g/mol. The molecule has 0 aliphatic carbocycles. The molecule has 0 N–H and O–H groups in total. The SMILES string of the molecule is CCn1c(Sc2ccc(C(F)(F)F)nn2)nnc1-c1ccc(OC)cc1. The summed E-state index contributed by atoms with van der Waals surface area (Å²) in [6, 6.07) is 9.52. The molecule has 0 bridgehead atoms. The maximum absolute atomic E-state index is 12.6. The van der Waals surface area contributed by atoms with E-state index in [0.717, 1.165) is 29.1 Å². The fraction of sp³-hybridized carbons (Fsp3) is 0.250. The Kier molecular flexibility index (Phi) is 5.12. The van der Waals surface area contributed by atoms with E-state index >= 15 is 0 Å². The van der Waals surface area contributed by atoms with Gasteiger partial charge < -0.3 is 9.30 Å². The van der Waals surface area contributed by atoms with Crippen LogP contribution in [0.5, 0.6) is 5.75 Å². The number of rotatable bonds is 5. The Balaban J connectivity index is 1.86. The van der Waals surface area contributed by atoms with Crippen LogP contribution in [-0.2, 0) is 12.7 Å². The lowest BCUT2D eigenvalue weighted by atomic mass is 10.2. The van der Waals surface area contributed by atoms with Crippen LogP contribution in [0.15, 0.2) is 46.6 Å². The van der Waals surface area contributed by atoms with E-state index in [1.807, 2.05) is 35.8 Å². The van der Waals surface area contributed by atoms with E-state index < -0.39 is 11.9 Å². The number of benzene rings is 1. The Labute approximate surface area is 151 Å². The second-order valence-electron chi connectivity index (χ2n) is 5.14. The van der Waals surface area contributed by atoms with Crippen LogP contribution in [0.4, 0.5) is 13.2 Å². The first-order chi connectivity index (χ1) is 12.4. The van der Waals surface area contributed by atoms with Crippen molar-refractivity contribution in [2.75, 3.05) is 7.11 Å². The van der Waals surface area contributed by atoms with Crippen molar-refractivity contribution in [1.82, 2.24) is 25.0 Å². The molecular weight excluding hydrogens is 367 g/mol. The first-order valence-corrected chi connectivity index (χ1v) is 8.40. The molecule has 0 aliphatic rings. The van der Waals surface area contributed by atoms with Gasteiger partial charge in [0.15, 0.2) is 16.7 Å². The number of nitrogens with zero attached hydrogens (tertiary/aromatic N) is 5. The third kappa shape index (κ3) is 3.79. The van der Waals surface area contributed by atoms with Gasteiger partial charge in [-0.05, 0) is 55.1 Å². The topological polar surface area (TPSA) is 65.7 Å². The summed E-state index contributed by atoms with van der Waals surface area (Å²) >= 11 is 1.10. The molecule has 2 aromatic heterocycles. The molecule has 3 aromatic rings. The lowest BCUT2D eigenvalue weighted by Gasteiger charge is -2.08. The average Bonchev–Trinajstić information content (AvgIpc) is 3.04. The van der Waals surface area contributed by atoms with E-state index in [2.05, 4.69) is 20.4 Å². The van der Waals surface area contributed by atoms with Crippen molar-refractivity contribution in [2.45, 2.75) is 29.8 Å². The maximum atomic E-state index is 12.6. The van der Waals surface area contributed by atoms with Crippen LogP contribution >= 0.6 is 11.8 Å². The first-order valence-electron chi connectivity index (χ1n) is 7.58. The Morgan fingerprint density at radius 1 is 1.00 bits per heavy atom. The summed E-state index contributed by atoms with van der Waals surface area (Å²) in [4.78, 5) is 0. The largest absolute Gasteiger partial charge is 0.497 e. The highest BCUT2D eigenvalue weighted by atomic mass is 32.2. The van der Waals surface area contributed by atoms with E-state index in [0.29, 0.717) is 22.6 Å². The van der Waals surface area contributed by atoms with Gasteiger partial charge in [0.05, 0.1) is 7.11 Å². The van der Waals surface area contributed by atoms with Crippen LogP contribution in [0.2, 0.25) is 0 Å². The minimum atomic E-state index is -4.51. The van der Waals surface area contributed by atoms with Gasteiger partial charge in [-0.3, -0.25) is 0 Å². The Morgan fingerprint density at radius 3 is 2.27 bits per heavy atom. The Bertz CT molecular complexity index is 878. The normalized spacial score (nSPS) is 11.6. The quantitative estimate of drug-likeness (QED) is 0.667. The molecule has 3 rings (SSSR count). The Morgan fingerprint density at radius 2 is 1.73 bits per heavy atom. The molecule has 0 atom stereocenters. The van der Waals surface area contributed by atoms with Crippen LogP contribution in [0.25, 0.3) is 11.4 Å². The second-order valence-corrected chi connectivity index (χ2v) is 6.12. The molecule has 0 spiro atoms. The summed E-state index contributed by atoms with van der Waals surface area (Å²) in [5.74, 6) is 1.38. The zero-order chi connectivity index (χ0) is 18.7. The van der Waals surface area contributed by atoms with Gasteiger partial charge in [-0.25, -0.2) is 0 Å². The minimum Gasteiger partial charge on any atom is -0.497 e. The van der Waals surface area contributed by atoms with Gasteiger partial charge >= 0.3 is 6.18 Å². The summed E-state index contributed by atoms with van der Waals surface area (Å²) in [5.41, 5.74) is -0.178. The Hall–Kier alpha value is -2.62. The van der Waals surface area contributed by atoms with Crippen molar-refractivity contribution in [3.63, 3.8) is 0 Å². The number of hydrogen-bond acceptors (Lipinski definition) is 6. The molecule has 0 saturated heterocycles. The smallest absolute Gasteiger partial charge is 0.435 e. The second kappa shape index (κ2) is 7.32. The summed E-state index contributed by atoms with van der Waals surface area (Å²) in [6.07, 6.45) is -4.51. The molecule has 0 fully saturated rings. The van der Waals surface area contributed by atoms with Crippen LogP contribution in [0, 0.1) is 0 Å². The number of hydrogen-bond donors (Lipinski definition) is 0. The highest BCUT2D eigenvalue weighted by Crippen LogP contribution is 2.31. The maximum Gasteiger partial charge on any atom is 0.435 e. The van der Waals surface area contributed by atoms with Crippen molar-refractivity contribution in [3.8, 4) is 17.1 Å². The number of alkyl halides is 3. The van der Waals surface area contributed by atoms with Crippen LogP contribution in [0.1, 0.15) is 12.6 Å². The molecule has 26 heavy (non-hydrogen) atoms. The van der Waals surface area contributed by atoms with Crippen molar-refractivity contribution >= 4 is 11.8 Å². The number of halogens is 3. The van der Waals surface area contributed by atoms with Crippen molar-refractivity contribution in [3.05, 3.63) is 42.1 Å². The van der Waals surface area contributed by atoms with Gasteiger partial charge in [0.2, 0.25) is 0 Å². The number of methoxy groups -OCH3 is 1. The molecule has 1 aromatic carbocycles. The van der Waals surface area contributed by atoms with Gasteiger partial charge in [-0.15, -0.1) is 20.4 Å². The molecule has 0 unspecified atom stereocenters. The number of aromatic nitrogens is 5. The molecule has 0 aliphatic heterocycles. The van der Waals surface area contributed by atoms with Crippen LogP contribution < -0.4 is 4.74 Å². The highest BCUT2D eigenvalue weighted by molar-refractivity contribution is 7.99. The molecule has 0 radical (unpaired) electrons. The van der Waals surface area contributed by atoms with Gasteiger partial charge in [-0.1, -0.05) is 0 Å². The first kappa shape index (κ1) is 18.2. The fourth-order valence-electron chi connectivity index (χ4n) is 2.22. The zero-order valence-electron chi connectivity index (χ0n) is 13.9. The molecule has 6 nitrogen and oxygen atoms in total. The fourth-order valence-corrected chi connectivity index (χ4v) is 3.03. The summed E-state index contributed by atoms with van der Waals surface area (Å²) in [5, 5.41) is 16.0. The summed E-state index contributed by atoms with van der Waals surface area (Å²) in [7, 11) is 1.59. The molecule has 0 saturated carbocycles. The van der Waals surface area contributed by atoms with Crippen molar-refractivity contribution in [1.29, 1.82) is 0 Å². The molecule has 10 heteroatoms. The highest BCUT2D eigenvalue weighted by Gasteiger charge is 2.33. The van der Waals surface area contributed by atoms with Crippen molar-refractivity contribution < 1.29 is 17.9 Å². The molecule has 136 valence electrons. The predicted molar refractivity (Wildman–Crippen MR) is 88.8 cm³/mol. The lowest BCUT2D eigenvalue weighted by molar-refractivity contribution is -0.141. The van der Waals surface area contributed by atoms with Crippen molar-refractivity contribution in [2.24, 2.45) is 0 Å². The third-order valence-electron chi connectivity index (χ3n) is 3.51. The van der Waals surface area contributed by atoms with Gasteiger partial charge in [0.1, 0.15) is 10.8 Å². The summed E-state index contributed by atoms with van der Waals surface area (Å²) < 4.78 is 44.7. The van der Waals surface area contributed by atoms with Crippen LogP contribution in [-0.4, -0.2) is 32.1 Å². The van der Waals surface area contributed by atoms with Gasteiger partial charge in [-0.2, -0.15) is 13.2 Å². The van der Waals surface area contributed by atoms with E-state index in [-0.39, 0.29) is 0 Å². The molecule has 0 amide bonds. The standard InChI is InChI=1S/C16H14F3N5OS/c1-3-24-14(10-4-6-11(25-2)7-5-10)22-23-15(24)26-13-9-8-12(20-21-13)16(17,18)19/h4-9H,3H2,1-2H3. The van der Waals surface area contributed by atoms with E-state index in [1.54, 1.807) is 7.11 Å².